The van der Waals surface area contributed by atoms with Gasteiger partial charge >= 0.3 is 6.03 Å². The minimum atomic E-state index is -1.01. The number of imide groups is 1. The van der Waals surface area contributed by atoms with E-state index in [1.54, 1.807) is 5.32 Å². The van der Waals surface area contributed by atoms with Gasteiger partial charge in [-0.1, -0.05) is 0 Å². The number of halogens is 1. The van der Waals surface area contributed by atoms with Gasteiger partial charge in [-0.05, 0) is 12.1 Å². The quantitative estimate of drug-likeness (QED) is 0.735. The van der Waals surface area contributed by atoms with Gasteiger partial charge in [-0.2, -0.15) is 0 Å². The standard InChI is InChI=1S/C10H9FN2O4/c11-7-1-6(4-14)2-8(3-7)17-5-9(15)13-10(12)16/h1-4H,5H2,(H3,12,13,15,16). The van der Waals surface area contributed by atoms with Gasteiger partial charge in [0.2, 0.25) is 0 Å². The smallest absolute Gasteiger partial charge is 0.318 e. The average Bonchev–Trinajstić information content (AvgIpc) is 2.24. The Morgan fingerprint density at radius 1 is 1.41 bits per heavy atom. The van der Waals surface area contributed by atoms with Gasteiger partial charge in [-0.3, -0.25) is 14.9 Å². The summed E-state index contributed by atoms with van der Waals surface area (Å²) in [6.07, 6.45) is 0.444. The molecule has 7 heteroatoms. The van der Waals surface area contributed by atoms with Gasteiger partial charge in [0.05, 0.1) is 0 Å². The second-order valence-electron chi connectivity index (χ2n) is 3.04. The summed E-state index contributed by atoms with van der Waals surface area (Å²) in [6.45, 7) is -0.509. The Kier molecular flexibility index (Phi) is 4.15. The average molecular weight is 240 g/mol. The number of primary amides is 1. The molecule has 6 nitrogen and oxygen atoms in total. The van der Waals surface area contributed by atoms with Crippen LogP contribution in [-0.2, 0) is 4.79 Å². The molecule has 0 atom stereocenters. The second kappa shape index (κ2) is 5.59. The van der Waals surface area contributed by atoms with Gasteiger partial charge in [-0.25, -0.2) is 9.18 Å². The van der Waals surface area contributed by atoms with Crippen LogP contribution in [0.2, 0.25) is 0 Å². The number of hydrogen-bond donors (Lipinski definition) is 2. The van der Waals surface area contributed by atoms with Crippen LogP contribution in [0.4, 0.5) is 9.18 Å². The van der Waals surface area contributed by atoms with Crippen LogP contribution in [0.1, 0.15) is 10.4 Å². The van der Waals surface area contributed by atoms with Crippen molar-refractivity contribution < 1.29 is 23.5 Å². The van der Waals surface area contributed by atoms with E-state index in [4.69, 9.17) is 10.5 Å². The van der Waals surface area contributed by atoms with E-state index in [-0.39, 0.29) is 11.3 Å². The van der Waals surface area contributed by atoms with Crippen molar-refractivity contribution in [3.05, 3.63) is 29.6 Å². The molecule has 0 heterocycles. The predicted octanol–water partition coefficient (Wildman–Crippen LogP) is 0.212. The molecule has 0 saturated carbocycles. The number of ether oxygens (including phenoxy) is 1. The van der Waals surface area contributed by atoms with Crippen molar-refractivity contribution in [3.63, 3.8) is 0 Å². The molecule has 1 rings (SSSR count). The molecule has 3 amide bonds. The summed E-state index contributed by atoms with van der Waals surface area (Å²) in [5, 5.41) is 1.77. The Hall–Kier alpha value is -2.44. The Labute approximate surface area is 95.5 Å². The van der Waals surface area contributed by atoms with Gasteiger partial charge < -0.3 is 10.5 Å². The molecule has 3 N–H and O–H groups in total. The Balaban J connectivity index is 2.63. The highest BCUT2D eigenvalue weighted by molar-refractivity contribution is 5.94. The molecular formula is C10H9FN2O4. The molecule has 0 saturated heterocycles. The summed E-state index contributed by atoms with van der Waals surface area (Å²) in [7, 11) is 0. The first kappa shape index (κ1) is 12.6. The van der Waals surface area contributed by atoms with E-state index in [9.17, 15) is 18.8 Å². The number of urea groups is 1. The lowest BCUT2D eigenvalue weighted by atomic mass is 10.2. The summed E-state index contributed by atoms with van der Waals surface area (Å²) >= 11 is 0. The maximum Gasteiger partial charge on any atom is 0.318 e. The van der Waals surface area contributed by atoms with Gasteiger partial charge in [0.15, 0.2) is 6.61 Å². The zero-order valence-electron chi connectivity index (χ0n) is 8.60. The fourth-order valence-corrected chi connectivity index (χ4v) is 1.06. The van der Waals surface area contributed by atoms with Crippen LogP contribution in [0, 0.1) is 5.82 Å². The third kappa shape index (κ3) is 4.29. The molecule has 0 unspecified atom stereocenters. The molecule has 0 fully saturated rings. The lowest BCUT2D eigenvalue weighted by Crippen LogP contribution is -2.38. The molecule has 0 aromatic heterocycles. The number of carbonyl (C=O) groups excluding carboxylic acids is 3. The number of nitrogens with two attached hydrogens (primary N) is 1. The van der Waals surface area contributed by atoms with Crippen LogP contribution < -0.4 is 15.8 Å². The molecule has 90 valence electrons. The first-order valence-electron chi connectivity index (χ1n) is 4.49. The first-order valence-corrected chi connectivity index (χ1v) is 4.49. The van der Waals surface area contributed by atoms with Crippen LogP contribution in [0.15, 0.2) is 18.2 Å². The molecule has 0 aliphatic carbocycles. The normalized spacial score (nSPS) is 9.47. The third-order valence-corrected chi connectivity index (χ3v) is 1.66. The highest BCUT2D eigenvalue weighted by Gasteiger charge is 2.06. The van der Waals surface area contributed by atoms with E-state index in [2.05, 4.69) is 0 Å². The third-order valence-electron chi connectivity index (χ3n) is 1.66. The van der Waals surface area contributed by atoms with Crippen molar-refractivity contribution in [2.45, 2.75) is 0 Å². The Morgan fingerprint density at radius 2 is 2.12 bits per heavy atom. The number of nitrogens with one attached hydrogen (secondary N) is 1. The van der Waals surface area contributed by atoms with Gasteiger partial charge in [0.1, 0.15) is 17.9 Å². The summed E-state index contributed by atoms with van der Waals surface area (Å²) in [5.74, 6) is -1.43. The number of hydrogen-bond acceptors (Lipinski definition) is 4. The van der Waals surface area contributed by atoms with E-state index < -0.39 is 24.4 Å². The molecule has 0 bridgehead atoms. The SMILES string of the molecule is NC(=O)NC(=O)COc1cc(F)cc(C=O)c1. The predicted molar refractivity (Wildman–Crippen MR) is 55.0 cm³/mol. The highest BCUT2D eigenvalue weighted by Crippen LogP contribution is 2.15. The zero-order chi connectivity index (χ0) is 12.8. The Bertz CT molecular complexity index is 462. The topological polar surface area (TPSA) is 98.5 Å². The molecule has 0 radical (unpaired) electrons. The molecule has 17 heavy (non-hydrogen) atoms. The monoisotopic (exact) mass is 240 g/mol. The van der Waals surface area contributed by atoms with Crippen LogP contribution in [0.3, 0.4) is 0 Å². The minimum absolute atomic E-state index is 0.00622. The van der Waals surface area contributed by atoms with Crippen molar-refractivity contribution in [1.82, 2.24) is 5.32 Å². The number of carbonyl (C=O) groups is 3. The van der Waals surface area contributed by atoms with Crippen LogP contribution in [-0.4, -0.2) is 24.8 Å². The van der Waals surface area contributed by atoms with Crippen molar-refractivity contribution in [2.24, 2.45) is 5.73 Å². The van der Waals surface area contributed by atoms with Crippen molar-refractivity contribution in [2.75, 3.05) is 6.61 Å². The second-order valence-corrected chi connectivity index (χ2v) is 3.04. The molecule has 1 aromatic rings. The fourth-order valence-electron chi connectivity index (χ4n) is 1.06. The van der Waals surface area contributed by atoms with E-state index in [0.29, 0.717) is 6.29 Å². The fraction of sp³-hybridized carbons (Fsp3) is 0.100. The van der Waals surface area contributed by atoms with Crippen LogP contribution in [0.5, 0.6) is 5.75 Å². The lowest BCUT2D eigenvalue weighted by molar-refractivity contribution is -0.121. The summed E-state index contributed by atoms with van der Waals surface area (Å²) < 4.78 is 17.8. The largest absolute Gasteiger partial charge is 0.484 e. The number of rotatable bonds is 4. The number of benzene rings is 1. The van der Waals surface area contributed by atoms with Crippen LogP contribution in [0.25, 0.3) is 0 Å². The summed E-state index contributed by atoms with van der Waals surface area (Å²) in [5.41, 5.74) is 4.78. The van der Waals surface area contributed by atoms with E-state index in [1.165, 1.54) is 6.07 Å². The number of aldehydes is 1. The minimum Gasteiger partial charge on any atom is -0.484 e. The van der Waals surface area contributed by atoms with Gasteiger partial charge in [-0.15, -0.1) is 0 Å². The summed E-state index contributed by atoms with van der Waals surface area (Å²) in [4.78, 5) is 31.7. The first-order chi connectivity index (χ1) is 8.01. The van der Waals surface area contributed by atoms with Crippen LogP contribution >= 0.6 is 0 Å². The van der Waals surface area contributed by atoms with E-state index in [0.717, 1.165) is 12.1 Å². The molecular weight excluding hydrogens is 231 g/mol. The van der Waals surface area contributed by atoms with Crippen molar-refractivity contribution in [1.29, 1.82) is 0 Å². The number of amides is 3. The highest BCUT2D eigenvalue weighted by atomic mass is 19.1. The Morgan fingerprint density at radius 3 is 2.71 bits per heavy atom. The van der Waals surface area contributed by atoms with Gasteiger partial charge in [0, 0.05) is 11.6 Å². The van der Waals surface area contributed by atoms with E-state index in [1.807, 2.05) is 0 Å². The van der Waals surface area contributed by atoms with Gasteiger partial charge in [0.25, 0.3) is 5.91 Å². The molecule has 0 aliphatic heterocycles. The van der Waals surface area contributed by atoms with Crippen molar-refractivity contribution >= 4 is 18.2 Å². The maximum absolute atomic E-state index is 12.9. The zero-order valence-corrected chi connectivity index (χ0v) is 8.60. The lowest BCUT2D eigenvalue weighted by Gasteiger charge is -2.06. The van der Waals surface area contributed by atoms with Crippen molar-refractivity contribution in [3.8, 4) is 5.75 Å². The maximum atomic E-state index is 12.9. The molecule has 1 aromatic carbocycles. The molecule has 0 aliphatic rings. The van der Waals surface area contributed by atoms with E-state index >= 15 is 0 Å². The molecule has 0 spiro atoms. The summed E-state index contributed by atoms with van der Waals surface area (Å²) in [6, 6.07) is 2.27.